The lowest BCUT2D eigenvalue weighted by Gasteiger charge is -2.06. The molecule has 6 heteroatoms. The number of rotatable bonds is 3. The van der Waals surface area contributed by atoms with Gasteiger partial charge < -0.3 is 9.88 Å². The molecule has 0 aliphatic carbocycles. The summed E-state index contributed by atoms with van der Waals surface area (Å²) in [6.07, 6.45) is 1.65. The summed E-state index contributed by atoms with van der Waals surface area (Å²) < 4.78 is 1.81. The number of aryl methyl sites for hydroxylation is 1. The lowest BCUT2D eigenvalue weighted by Crippen LogP contribution is -2.22. The molecule has 0 aliphatic heterocycles. The Labute approximate surface area is 142 Å². The average Bonchev–Trinajstić information content (AvgIpc) is 2.87. The van der Waals surface area contributed by atoms with Crippen LogP contribution in [0.2, 0.25) is 10.0 Å². The zero-order valence-electron chi connectivity index (χ0n) is 12.1. The Morgan fingerprint density at radius 2 is 1.83 bits per heavy atom. The molecule has 1 amide bonds. The van der Waals surface area contributed by atoms with Crippen LogP contribution < -0.4 is 5.32 Å². The van der Waals surface area contributed by atoms with Crippen LogP contribution in [0.5, 0.6) is 0 Å². The number of aromatic nitrogens is 1. The van der Waals surface area contributed by atoms with Gasteiger partial charge in [0.1, 0.15) is 0 Å². The number of ketones is 1. The Morgan fingerprint density at radius 1 is 1.09 bits per heavy atom. The molecule has 0 saturated carbocycles. The summed E-state index contributed by atoms with van der Waals surface area (Å²) in [6.45, 7) is 0. The highest BCUT2D eigenvalue weighted by Gasteiger charge is 2.21. The first kappa shape index (κ1) is 15.6. The highest BCUT2D eigenvalue weighted by Crippen LogP contribution is 2.26. The molecule has 0 fully saturated rings. The molecule has 0 saturated heterocycles. The Kier molecular flexibility index (Phi) is 4.11. The second-order valence-electron chi connectivity index (χ2n) is 5.08. The number of fused-ring (bicyclic) bond motifs is 1. The highest BCUT2D eigenvalue weighted by molar-refractivity contribution is 6.49. The van der Waals surface area contributed by atoms with Crippen LogP contribution in [0.4, 0.5) is 5.69 Å². The average molecular weight is 347 g/mol. The van der Waals surface area contributed by atoms with Gasteiger partial charge in [-0.15, -0.1) is 0 Å². The monoisotopic (exact) mass is 346 g/mol. The lowest BCUT2D eigenvalue weighted by molar-refractivity contribution is -0.112. The maximum Gasteiger partial charge on any atom is 0.296 e. The zero-order chi connectivity index (χ0) is 16.6. The smallest absolute Gasteiger partial charge is 0.296 e. The third kappa shape index (κ3) is 2.96. The van der Waals surface area contributed by atoms with Crippen molar-refractivity contribution in [2.75, 3.05) is 5.32 Å². The topological polar surface area (TPSA) is 51.1 Å². The van der Waals surface area contributed by atoms with Crippen LogP contribution in [0, 0.1) is 0 Å². The number of amides is 1. The van der Waals surface area contributed by atoms with E-state index in [1.807, 2.05) is 35.9 Å². The number of para-hydroxylation sites is 1. The summed E-state index contributed by atoms with van der Waals surface area (Å²) in [7, 11) is 1.83. The molecule has 0 radical (unpaired) electrons. The van der Waals surface area contributed by atoms with E-state index in [2.05, 4.69) is 5.32 Å². The largest absolute Gasteiger partial charge is 0.350 e. The van der Waals surface area contributed by atoms with Crippen molar-refractivity contribution in [2.45, 2.75) is 0 Å². The standard InChI is InChI=1S/C17H12Cl2N2O2/c1-21-9-12(11-4-2-3-5-15(11)21)16(22)17(23)20-14-7-6-10(18)8-13(14)19/h2-9H,1H3,(H,20,23). The fraction of sp³-hybridized carbons (Fsp3) is 0.0588. The Morgan fingerprint density at radius 3 is 2.57 bits per heavy atom. The number of halogens is 2. The van der Waals surface area contributed by atoms with Gasteiger partial charge in [0.2, 0.25) is 0 Å². The number of nitrogens with zero attached hydrogens (tertiary/aromatic N) is 1. The van der Waals surface area contributed by atoms with E-state index in [1.165, 1.54) is 6.07 Å². The molecule has 1 heterocycles. The van der Waals surface area contributed by atoms with Crippen molar-refractivity contribution >= 4 is 51.5 Å². The molecule has 1 aromatic heterocycles. The van der Waals surface area contributed by atoms with Gasteiger partial charge in [0, 0.05) is 29.2 Å². The Bertz CT molecular complexity index is 931. The number of carbonyl (C=O) groups excluding carboxylic acids is 2. The first-order valence-corrected chi connectivity index (χ1v) is 7.58. The quantitative estimate of drug-likeness (QED) is 0.567. The fourth-order valence-electron chi connectivity index (χ4n) is 2.41. The number of anilines is 1. The minimum atomic E-state index is -0.745. The van der Waals surface area contributed by atoms with Gasteiger partial charge in [-0.05, 0) is 24.3 Å². The van der Waals surface area contributed by atoms with E-state index in [4.69, 9.17) is 23.2 Å². The number of carbonyl (C=O) groups is 2. The molecule has 0 bridgehead atoms. The van der Waals surface area contributed by atoms with Crippen LogP contribution in [0.1, 0.15) is 10.4 Å². The van der Waals surface area contributed by atoms with Gasteiger partial charge in [-0.1, -0.05) is 41.4 Å². The molecule has 2 aromatic carbocycles. The third-order valence-electron chi connectivity index (χ3n) is 3.53. The molecule has 0 aliphatic rings. The summed E-state index contributed by atoms with van der Waals surface area (Å²) in [5.74, 6) is -1.36. The predicted octanol–water partition coefficient (Wildman–Crippen LogP) is 4.31. The van der Waals surface area contributed by atoms with Crippen LogP contribution in [0.3, 0.4) is 0 Å². The molecule has 0 atom stereocenters. The van der Waals surface area contributed by atoms with E-state index in [-0.39, 0.29) is 5.02 Å². The number of hydrogen-bond donors (Lipinski definition) is 1. The van der Waals surface area contributed by atoms with Gasteiger partial charge in [-0.3, -0.25) is 9.59 Å². The normalized spacial score (nSPS) is 10.7. The number of hydrogen-bond acceptors (Lipinski definition) is 2. The van der Waals surface area contributed by atoms with Gasteiger partial charge in [-0.2, -0.15) is 0 Å². The molecule has 0 unspecified atom stereocenters. The van der Waals surface area contributed by atoms with Crippen LogP contribution in [-0.2, 0) is 11.8 Å². The molecular weight excluding hydrogens is 335 g/mol. The fourth-order valence-corrected chi connectivity index (χ4v) is 2.87. The molecule has 116 valence electrons. The number of benzene rings is 2. The molecule has 23 heavy (non-hydrogen) atoms. The molecule has 3 rings (SSSR count). The molecule has 0 spiro atoms. The highest BCUT2D eigenvalue weighted by atomic mass is 35.5. The van der Waals surface area contributed by atoms with E-state index in [0.717, 1.165) is 10.9 Å². The van der Waals surface area contributed by atoms with E-state index >= 15 is 0 Å². The summed E-state index contributed by atoms with van der Waals surface area (Å²) in [5.41, 5.74) is 1.58. The first-order chi connectivity index (χ1) is 11.0. The Balaban J connectivity index is 1.91. The minimum absolute atomic E-state index is 0.275. The van der Waals surface area contributed by atoms with Gasteiger partial charge >= 0.3 is 0 Å². The molecule has 1 N–H and O–H groups in total. The predicted molar refractivity (Wildman–Crippen MR) is 92.3 cm³/mol. The summed E-state index contributed by atoms with van der Waals surface area (Å²) in [5, 5.41) is 3.98. The van der Waals surface area contributed by atoms with Crippen molar-refractivity contribution in [1.82, 2.24) is 4.57 Å². The summed E-state index contributed by atoms with van der Waals surface area (Å²) >= 11 is 11.8. The lowest BCUT2D eigenvalue weighted by atomic mass is 10.1. The van der Waals surface area contributed by atoms with E-state index in [0.29, 0.717) is 16.3 Å². The SMILES string of the molecule is Cn1cc(C(=O)C(=O)Nc2ccc(Cl)cc2Cl)c2ccccc21. The van der Waals surface area contributed by atoms with Gasteiger partial charge in [0.25, 0.3) is 11.7 Å². The molecule has 4 nitrogen and oxygen atoms in total. The van der Waals surface area contributed by atoms with Crippen molar-refractivity contribution in [3.05, 3.63) is 64.3 Å². The van der Waals surface area contributed by atoms with Crippen molar-refractivity contribution in [3.8, 4) is 0 Å². The first-order valence-electron chi connectivity index (χ1n) is 6.82. The maximum absolute atomic E-state index is 12.5. The molecule has 3 aromatic rings. The van der Waals surface area contributed by atoms with Gasteiger partial charge in [-0.25, -0.2) is 0 Å². The summed E-state index contributed by atoms with van der Waals surface area (Å²) in [6, 6.07) is 12.0. The van der Waals surface area contributed by atoms with Crippen LogP contribution >= 0.6 is 23.2 Å². The minimum Gasteiger partial charge on any atom is -0.350 e. The van der Waals surface area contributed by atoms with Crippen molar-refractivity contribution < 1.29 is 9.59 Å². The van der Waals surface area contributed by atoms with Crippen molar-refractivity contribution in [2.24, 2.45) is 7.05 Å². The zero-order valence-corrected chi connectivity index (χ0v) is 13.7. The summed E-state index contributed by atoms with van der Waals surface area (Å²) in [4.78, 5) is 24.7. The second kappa shape index (κ2) is 6.07. The van der Waals surface area contributed by atoms with Crippen molar-refractivity contribution in [3.63, 3.8) is 0 Å². The number of Topliss-reactive ketones (excluding diaryl/α,β-unsaturated/α-hetero) is 1. The second-order valence-corrected chi connectivity index (χ2v) is 5.92. The van der Waals surface area contributed by atoms with Crippen molar-refractivity contribution in [1.29, 1.82) is 0 Å². The van der Waals surface area contributed by atoms with Gasteiger partial charge in [0.05, 0.1) is 16.3 Å². The number of nitrogens with one attached hydrogen (secondary N) is 1. The van der Waals surface area contributed by atoms with E-state index in [1.54, 1.807) is 18.3 Å². The molecular formula is C17H12Cl2N2O2. The maximum atomic E-state index is 12.5. The van der Waals surface area contributed by atoms with Gasteiger partial charge in [0.15, 0.2) is 0 Å². The van der Waals surface area contributed by atoms with E-state index in [9.17, 15) is 9.59 Å². The third-order valence-corrected chi connectivity index (χ3v) is 4.07. The van der Waals surface area contributed by atoms with Crippen LogP contribution in [0.25, 0.3) is 10.9 Å². The van der Waals surface area contributed by atoms with Crippen LogP contribution in [0.15, 0.2) is 48.7 Å². The van der Waals surface area contributed by atoms with E-state index < -0.39 is 11.7 Å². The van der Waals surface area contributed by atoms with Crippen LogP contribution in [-0.4, -0.2) is 16.3 Å². The Hall–Kier alpha value is -2.30.